The van der Waals surface area contributed by atoms with Crippen molar-refractivity contribution >= 4 is 23.3 Å². The maximum absolute atomic E-state index is 10.6. The molecule has 2 N–H and O–H groups in total. The third-order valence-corrected chi connectivity index (χ3v) is 1.80. The molecule has 0 atom stereocenters. The maximum atomic E-state index is 10.6. The van der Waals surface area contributed by atoms with E-state index in [4.69, 9.17) is 12.2 Å². The molecule has 0 unspecified atom stereocenters. The van der Waals surface area contributed by atoms with E-state index in [0.717, 1.165) is 0 Å². The zero-order chi connectivity index (χ0) is 8.97. The van der Waals surface area contributed by atoms with Crippen molar-refractivity contribution in [2.45, 2.75) is 18.9 Å². The van der Waals surface area contributed by atoms with Gasteiger partial charge in [0, 0.05) is 6.04 Å². The second-order valence-electron chi connectivity index (χ2n) is 2.68. The molecule has 0 amide bonds. The number of ether oxygens (including phenoxy) is 1. The van der Waals surface area contributed by atoms with Crippen LogP contribution in [0.4, 0.5) is 0 Å². The summed E-state index contributed by atoms with van der Waals surface area (Å²) >= 11 is 4.91. The molecule has 0 aliphatic heterocycles. The van der Waals surface area contributed by atoms with Crippen LogP contribution in [0, 0.1) is 0 Å². The Kier molecular flexibility index (Phi) is 3.28. The lowest BCUT2D eigenvalue weighted by atomic mass is 10.6. The molecule has 0 spiro atoms. The number of methoxy groups -OCH3 is 1. The predicted octanol–water partition coefficient (Wildman–Crippen LogP) is -0.214. The first-order valence-electron chi connectivity index (χ1n) is 3.83. The van der Waals surface area contributed by atoms with Gasteiger partial charge in [-0.15, -0.1) is 0 Å². The Bertz CT molecular complexity index is 192. The van der Waals surface area contributed by atoms with E-state index in [9.17, 15) is 4.79 Å². The summed E-state index contributed by atoms with van der Waals surface area (Å²) in [4.78, 5) is 10.6. The Morgan fingerprint density at radius 3 is 2.83 bits per heavy atom. The van der Waals surface area contributed by atoms with E-state index in [1.807, 2.05) is 0 Å². The van der Waals surface area contributed by atoms with Crippen molar-refractivity contribution in [2.24, 2.45) is 0 Å². The van der Waals surface area contributed by atoms with E-state index in [0.29, 0.717) is 11.2 Å². The lowest BCUT2D eigenvalue weighted by Gasteiger charge is -2.07. The Balaban J connectivity index is 2.04. The highest BCUT2D eigenvalue weighted by atomic mass is 32.1. The molecule has 12 heavy (non-hydrogen) atoms. The highest BCUT2D eigenvalue weighted by molar-refractivity contribution is 7.80. The molecule has 0 saturated heterocycles. The first-order chi connectivity index (χ1) is 5.72. The highest BCUT2D eigenvalue weighted by Gasteiger charge is 2.21. The number of esters is 1. The molecule has 1 saturated carbocycles. The molecule has 0 radical (unpaired) electrons. The van der Waals surface area contributed by atoms with Crippen molar-refractivity contribution in [3.05, 3.63) is 0 Å². The van der Waals surface area contributed by atoms with Crippen molar-refractivity contribution in [1.82, 2.24) is 10.6 Å². The van der Waals surface area contributed by atoms with Crippen molar-refractivity contribution in [3.8, 4) is 0 Å². The van der Waals surface area contributed by atoms with Gasteiger partial charge in [0.25, 0.3) is 0 Å². The third kappa shape index (κ3) is 3.52. The van der Waals surface area contributed by atoms with Crippen molar-refractivity contribution in [2.75, 3.05) is 13.7 Å². The number of rotatable bonds is 3. The molecule has 1 aliphatic carbocycles. The summed E-state index contributed by atoms with van der Waals surface area (Å²) in [7, 11) is 1.35. The molecule has 4 nitrogen and oxygen atoms in total. The van der Waals surface area contributed by atoms with Crippen molar-refractivity contribution in [1.29, 1.82) is 0 Å². The zero-order valence-electron chi connectivity index (χ0n) is 6.92. The van der Waals surface area contributed by atoms with Gasteiger partial charge in [0.2, 0.25) is 0 Å². The number of hydrogen-bond acceptors (Lipinski definition) is 3. The summed E-state index contributed by atoms with van der Waals surface area (Å²) < 4.78 is 4.43. The van der Waals surface area contributed by atoms with E-state index in [-0.39, 0.29) is 12.5 Å². The fourth-order valence-corrected chi connectivity index (χ4v) is 0.928. The molecule has 0 aromatic rings. The Labute approximate surface area is 76.7 Å². The van der Waals surface area contributed by atoms with E-state index >= 15 is 0 Å². The lowest BCUT2D eigenvalue weighted by Crippen LogP contribution is -2.39. The SMILES string of the molecule is COC(=O)CNC(=S)NC1CC1. The van der Waals surface area contributed by atoms with Gasteiger partial charge < -0.3 is 15.4 Å². The van der Waals surface area contributed by atoms with Gasteiger partial charge in [-0.25, -0.2) is 0 Å². The Morgan fingerprint density at radius 2 is 2.33 bits per heavy atom. The number of nitrogens with one attached hydrogen (secondary N) is 2. The molecule has 1 fully saturated rings. The van der Waals surface area contributed by atoms with Crippen molar-refractivity contribution < 1.29 is 9.53 Å². The molecule has 1 rings (SSSR count). The summed E-state index contributed by atoms with van der Waals surface area (Å²) in [5, 5.41) is 6.33. The first kappa shape index (κ1) is 9.25. The van der Waals surface area contributed by atoms with Crippen LogP contribution in [-0.4, -0.2) is 30.8 Å². The standard InChI is InChI=1S/C7H12N2O2S/c1-11-6(10)4-8-7(12)9-5-2-3-5/h5H,2-4H2,1H3,(H2,8,9,12). The van der Waals surface area contributed by atoms with Crippen LogP contribution in [0.15, 0.2) is 0 Å². The summed E-state index contributed by atoms with van der Waals surface area (Å²) in [5.41, 5.74) is 0. The molecular weight excluding hydrogens is 176 g/mol. The van der Waals surface area contributed by atoms with Crippen LogP contribution < -0.4 is 10.6 Å². The van der Waals surface area contributed by atoms with Gasteiger partial charge in [-0.1, -0.05) is 0 Å². The van der Waals surface area contributed by atoms with Gasteiger partial charge in [-0.05, 0) is 25.1 Å². The number of hydrogen-bond donors (Lipinski definition) is 2. The van der Waals surface area contributed by atoms with E-state index < -0.39 is 0 Å². The van der Waals surface area contributed by atoms with Gasteiger partial charge in [-0.2, -0.15) is 0 Å². The van der Waals surface area contributed by atoms with Gasteiger partial charge >= 0.3 is 5.97 Å². The summed E-state index contributed by atoms with van der Waals surface area (Å²) in [5.74, 6) is -0.310. The Morgan fingerprint density at radius 1 is 1.67 bits per heavy atom. The van der Waals surface area contributed by atoms with Gasteiger partial charge in [0.15, 0.2) is 5.11 Å². The maximum Gasteiger partial charge on any atom is 0.325 e. The molecule has 0 bridgehead atoms. The monoisotopic (exact) mass is 188 g/mol. The average Bonchev–Trinajstić information content (AvgIpc) is 2.84. The topological polar surface area (TPSA) is 50.4 Å². The van der Waals surface area contributed by atoms with Crippen LogP contribution in [0.25, 0.3) is 0 Å². The summed E-state index contributed by atoms with van der Waals surface area (Å²) in [6.45, 7) is 0.134. The molecule has 0 aromatic carbocycles. The van der Waals surface area contributed by atoms with Crippen LogP contribution in [0.2, 0.25) is 0 Å². The van der Waals surface area contributed by atoms with Gasteiger partial charge in [0.05, 0.1) is 7.11 Å². The second kappa shape index (κ2) is 4.25. The third-order valence-electron chi connectivity index (χ3n) is 1.53. The van der Waals surface area contributed by atoms with Crippen LogP contribution in [0.3, 0.4) is 0 Å². The van der Waals surface area contributed by atoms with Gasteiger partial charge in [-0.3, -0.25) is 4.79 Å². The summed E-state index contributed by atoms with van der Waals surface area (Å²) in [6.07, 6.45) is 2.33. The largest absolute Gasteiger partial charge is 0.468 e. The first-order valence-corrected chi connectivity index (χ1v) is 4.24. The molecule has 68 valence electrons. The summed E-state index contributed by atoms with van der Waals surface area (Å²) in [6, 6.07) is 0.516. The van der Waals surface area contributed by atoms with E-state index in [1.54, 1.807) is 0 Å². The number of thiocarbonyl (C=S) groups is 1. The number of carbonyl (C=O) groups is 1. The van der Waals surface area contributed by atoms with Crippen LogP contribution in [-0.2, 0) is 9.53 Å². The predicted molar refractivity (Wildman–Crippen MR) is 48.8 cm³/mol. The fraction of sp³-hybridized carbons (Fsp3) is 0.714. The molecule has 0 aromatic heterocycles. The van der Waals surface area contributed by atoms with Crippen LogP contribution in [0.5, 0.6) is 0 Å². The molecule has 1 aliphatic rings. The second-order valence-corrected chi connectivity index (χ2v) is 3.09. The molecule has 5 heteroatoms. The molecular formula is C7H12N2O2S. The lowest BCUT2D eigenvalue weighted by molar-refractivity contribution is -0.139. The Hall–Kier alpha value is -0.840. The minimum Gasteiger partial charge on any atom is -0.468 e. The van der Waals surface area contributed by atoms with Crippen LogP contribution >= 0.6 is 12.2 Å². The zero-order valence-corrected chi connectivity index (χ0v) is 7.74. The smallest absolute Gasteiger partial charge is 0.325 e. The minimum absolute atomic E-state index is 0.134. The number of carbonyl (C=O) groups excluding carboxylic acids is 1. The van der Waals surface area contributed by atoms with E-state index in [2.05, 4.69) is 15.4 Å². The normalized spacial score (nSPS) is 15.1. The van der Waals surface area contributed by atoms with Crippen LogP contribution in [0.1, 0.15) is 12.8 Å². The minimum atomic E-state index is -0.310. The van der Waals surface area contributed by atoms with Crippen molar-refractivity contribution in [3.63, 3.8) is 0 Å². The highest BCUT2D eigenvalue weighted by Crippen LogP contribution is 2.18. The average molecular weight is 188 g/mol. The quantitative estimate of drug-likeness (QED) is 0.474. The van der Waals surface area contributed by atoms with E-state index in [1.165, 1.54) is 20.0 Å². The van der Waals surface area contributed by atoms with Gasteiger partial charge in [0.1, 0.15) is 6.54 Å². The fourth-order valence-electron chi connectivity index (χ4n) is 0.689. The molecule has 0 heterocycles.